The predicted molar refractivity (Wildman–Crippen MR) is 90.6 cm³/mol. The van der Waals surface area contributed by atoms with Crippen molar-refractivity contribution in [2.24, 2.45) is 0 Å². The van der Waals surface area contributed by atoms with E-state index in [-0.39, 0.29) is 11.9 Å². The second-order valence-electron chi connectivity index (χ2n) is 5.37. The summed E-state index contributed by atoms with van der Waals surface area (Å²) < 4.78 is 5.24. The molecule has 0 fully saturated rings. The normalized spacial score (nSPS) is 11.6. The highest BCUT2D eigenvalue weighted by molar-refractivity contribution is 5.97. The highest BCUT2D eigenvalue weighted by atomic mass is 16.5. The molecule has 1 amide bonds. The van der Waals surface area contributed by atoms with Crippen molar-refractivity contribution in [2.45, 2.75) is 26.8 Å². The number of anilines is 2. The van der Waals surface area contributed by atoms with Gasteiger partial charge in [-0.2, -0.15) is 0 Å². The van der Waals surface area contributed by atoms with Crippen molar-refractivity contribution in [3.05, 3.63) is 53.6 Å². The summed E-state index contributed by atoms with van der Waals surface area (Å²) in [4.78, 5) is 12.4. The van der Waals surface area contributed by atoms with E-state index in [1.807, 2.05) is 57.2 Å². The van der Waals surface area contributed by atoms with Gasteiger partial charge in [0.05, 0.1) is 12.8 Å². The van der Waals surface area contributed by atoms with E-state index in [9.17, 15) is 4.79 Å². The van der Waals surface area contributed by atoms with Crippen LogP contribution < -0.4 is 15.4 Å². The first-order valence-electron chi connectivity index (χ1n) is 7.29. The van der Waals surface area contributed by atoms with Crippen LogP contribution in [0.3, 0.4) is 0 Å². The fourth-order valence-corrected chi connectivity index (χ4v) is 2.18. The van der Waals surface area contributed by atoms with Crippen LogP contribution in [0.15, 0.2) is 42.5 Å². The third kappa shape index (κ3) is 3.79. The van der Waals surface area contributed by atoms with Gasteiger partial charge in [0.15, 0.2) is 0 Å². The zero-order chi connectivity index (χ0) is 16.1. The molecule has 0 spiro atoms. The zero-order valence-electron chi connectivity index (χ0n) is 13.4. The number of rotatable bonds is 5. The van der Waals surface area contributed by atoms with Crippen LogP contribution in [0.2, 0.25) is 0 Å². The van der Waals surface area contributed by atoms with Crippen molar-refractivity contribution in [3.63, 3.8) is 0 Å². The summed E-state index contributed by atoms with van der Waals surface area (Å²) >= 11 is 0. The summed E-state index contributed by atoms with van der Waals surface area (Å²) in [5.74, 6) is 0.542. The Kier molecular flexibility index (Phi) is 5.04. The largest absolute Gasteiger partial charge is 0.495 e. The summed E-state index contributed by atoms with van der Waals surface area (Å²) in [5.41, 5.74) is 3.92. The van der Waals surface area contributed by atoms with E-state index in [1.165, 1.54) is 0 Å². The number of hydrogen-bond acceptors (Lipinski definition) is 3. The fraction of sp³-hybridized carbons (Fsp3) is 0.278. The number of amides is 1. The van der Waals surface area contributed by atoms with Gasteiger partial charge in [-0.25, -0.2) is 0 Å². The Hall–Kier alpha value is -2.49. The highest BCUT2D eigenvalue weighted by Crippen LogP contribution is 2.23. The van der Waals surface area contributed by atoms with Gasteiger partial charge < -0.3 is 15.4 Å². The van der Waals surface area contributed by atoms with E-state index in [2.05, 4.69) is 16.7 Å². The Morgan fingerprint density at radius 1 is 1.09 bits per heavy atom. The van der Waals surface area contributed by atoms with Gasteiger partial charge in [-0.05, 0) is 50.1 Å². The molecule has 22 heavy (non-hydrogen) atoms. The van der Waals surface area contributed by atoms with Crippen molar-refractivity contribution in [1.82, 2.24) is 0 Å². The molecule has 0 saturated heterocycles. The number of methoxy groups -OCH3 is 1. The lowest BCUT2D eigenvalue weighted by Gasteiger charge is -2.18. The number of hydrogen-bond donors (Lipinski definition) is 2. The number of carbonyl (C=O) groups is 1. The van der Waals surface area contributed by atoms with Gasteiger partial charge in [-0.15, -0.1) is 0 Å². The minimum atomic E-state index is -0.356. The van der Waals surface area contributed by atoms with Gasteiger partial charge in [-0.3, -0.25) is 4.79 Å². The molecule has 0 aliphatic heterocycles. The maximum atomic E-state index is 12.4. The predicted octanol–water partition coefficient (Wildman–Crippen LogP) is 3.75. The smallest absolute Gasteiger partial charge is 0.246 e. The van der Waals surface area contributed by atoms with Crippen molar-refractivity contribution in [1.29, 1.82) is 0 Å². The Morgan fingerprint density at radius 3 is 2.55 bits per heavy atom. The quantitative estimate of drug-likeness (QED) is 0.884. The van der Waals surface area contributed by atoms with Gasteiger partial charge in [-0.1, -0.05) is 24.3 Å². The van der Waals surface area contributed by atoms with Gasteiger partial charge in [0, 0.05) is 5.69 Å². The molecule has 4 heteroatoms. The topological polar surface area (TPSA) is 50.4 Å². The number of benzene rings is 2. The third-order valence-electron chi connectivity index (χ3n) is 3.52. The number of carbonyl (C=O) groups excluding carboxylic acids is 1. The minimum absolute atomic E-state index is 0.106. The molecule has 1 atom stereocenters. The van der Waals surface area contributed by atoms with E-state index in [0.717, 1.165) is 16.8 Å². The first-order valence-corrected chi connectivity index (χ1v) is 7.29. The fourth-order valence-electron chi connectivity index (χ4n) is 2.18. The average Bonchev–Trinajstić information content (AvgIpc) is 2.51. The van der Waals surface area contributed by atoms with Gasteiger partial charge in [0.2, 0.25) is 5.91 Å². The Bertz CT molecular complexity index is 668. The maximum absolute atomic E-state index is 12.4. The molecule has 4 nitrogen and oxygen atoms in total. The van der Waals surface area contributed by atoms with Crippen molar-refractivity contribution in [3.8, 4) is 5.75 Å². The van der Waals surface area contributed by atoms with E-state index in [1.54, 1.807) is 7.11 Å². The van der Waals surface area contributed by atoms with Gasteiger partial charge in [0.25, 0.3) is 0 Å². The monoisotopic (exact) mass is 298 g/mol. The summed E-state index contributed by atoms with van der Waals surface area (Å²) in [6, 6.07) is 13.2. The molecular weight excluding hydrogens is 276 g/mol. The molecule has 0 heterocycles. The summed E-state index contributed by atoms with van der Waals surface area (Å²) in [6.45, 7) is 5.89. The standard InChI is InChI=1S/C18H22N2O2/c1-12-9-10-13(2)16(11-12)19-14(3)18(21)20-15-7-5-6-8-17(15)22-4/h5-11,14,19H,1-4H3,(H,20,21)/t14-/m0/s1. The molecule has 2 N–H and O–H groups in total. The lowest BCUT2D eigenvalue weighted by molar-refractivity contribution is -0.116. The van der Waals surface area contributed by atoms with Gasteiger partial charge >= 0.3 is 0 Å². The minimum Gasteiger partial charge on any atom is -0.495 e. The molecular formula is C18H22N2O2. The summed E-state index contributed by atoms with van der Waals surface area (Å²) in [5, 5.41) is 6.14. The lowest BCUT2D eigenvalue weighted by Crippen LogP contribution is -2.32. The number of nitrogens with one attached hydrogen (secondary N) is 2. The molecule has 0 saturated carbocycles. The van der Waals surface area contributed by atoms with Gasteiger partial charge in [0.1, 0.15) is 11.8 Å². The van der Waals surface area contributed by atoms with Crippen LogP contribution in [0.1, 0.15) is 18.1 Å². The van der Waals surface area contributed by atoms with E-state index in [0.29, 0.717) is 11.4 Å². The molecule has 0 unspecified atom stereocenters. The molecule has 116 valence electrons. The van der Waals surface area contributed by atoms with Crippen LogP contribution in [0, 0.1) is 13.8 Å². The Morgan fingerprint density at radius 2 is 1.82 bits per heavy atom. The zero-order valence-corrected chi connectivity index (χ0v) is 13.4. The highest BCUT2D eigenvalue weighted by Gasteiger charge is 2.15. The Labute approximate surface area is 131 Å². The van der Waals surface area contributed by atoms with Crippen LogP contribution in [-0.4, -0.2) is 19.1 Å². The molecule has 2 rings (SSSR count). The van der Waals surface area contributed by atoms with E-state index < -0.39 is 0 Å². The summed E-state index contributed by atoms with van der Waals surface area (Å²) in [7, 11) is 1.59. The molecule has 0 aliphatic carbocycles. The lowest BCUT2D eigenvalue weighted by atomic mass is 10.1. The summed E-state index contributed by atoms with van der Waals surface area (Å²) in [6.07, 6.45) is 0. The SMILES string of the molecule is COc1ccccc1NC(=O)[C@H](C)Nc1cc(C)ccc1C. The second-order valence-corrected chi connectivity index (χ2v) is 5.37. The molecule has 0 radical (unpaired) electrons. The first kappa shape index (κ1) is 15.9. The van der Waals surface area contributed by atoms with Crippen LogP contribution in [0.4, 0.5) is 11.4 Å². The second kappa shape index (κ2) is 6.98. The number of aryl methyl sites for hydroxylation is 2. The van der Waals surface area contributed by atoms with E-state index in [4.69, 9.17) is 4.74 Å². The first-order chi connectivity index (χ1) is 10.5. The number of ether oxygens (including phenoxy) is 1. The average molecular weight is 298 g/mol. The van der Waals surface area contributed by atoms with Crippen molar-refractivity contribution >= 4 is 17.3 Å². The third-order valence-corrected chi connectivity index (χ3v) is 3.52. The van der Waals surface area contributed by atoms with E-state index >= 15 is 0 Å². The van der Waals surface area contributed by atoms with Crippen LogP contribution in [-0.2, 0) is 4.79 Å². The van der Waals surface area contributed by atoms with Crippen LogP contribution in [0.5, 0.6) is 5.75 Å². The van der Waals surface area contributed by atoms with Crippen LogP contribution in [0.25, 0.3) is 0 Å². The van der Waals surface area contributed by atoms with Crippen LogP contribution >= 0.6 is 0 Å². The Balaban J connectivity index is 2.07. The maximum Gasteiger partial charge on any atom is 0.246 e. The molecule has 2 aromatic carbocycles. The van der Waals surface area contributed by atoms with Crippen molar-refractivity contribution in [2.75, 3.05) is 17.7 Å². The number of para-hydroxylation sites is 2. The molecule has 0 aliphatic rings. The molecule has 0 aromatic heterocycles. The molecule has 0 bridgehead atoms. The molecule has 2 aromatic rings. The van der Waals surface area contributed by atoms with Crippen molar-refractivity contribution < 1.29 is 9.53 Å².